The van der Waals surface area contributed by atoms with Crippen LogP contribution in [0.15, 0.2) is 35.4 Å². The van der Waals surface area contributed by atoms with E-state index in [1.165, 1.54) is 6.42 Å². The molecule has 2 aliphatic carbocycles. The van der Waals surface area contributed by atoms with E-state index in [9.17, 15) is 0 Å². The Balaban J connectivity index is 2.24. The monoisotopic (exact) mass is 170 g/mol. The summed E-state index contributed by atoms with van der Waals surface area (Å²) in [5, 5.41) is 0. The zero-order chi connectivity index (χ0) is 9.00. The van der Waals surface area contributed by atoms with E-state index in [-0.39, 0.29) is 0 Å². The molecule has 0 N–H and O–H groups in total. The number of allylic oxidation sites excluding steroid dienone is 2. The van der Waals surface area contributed by atoms with Gasteiger partial charge in [0.15, 0.2) is 0 Å². The van der Waals surface area contributed by atoms with Crippen LogP contribution in [0.5, 0.6) is 0 Å². The third kappa shape index (κ3) is 0.763. The predicted molar refractivity (Wildman–Crippen MR) is 54.9 cm³/mol. The summed E-state index contributed by atoms with van der Waals surface area (Å²) in [4.78, 5) is 0. The van der Waals surface area contributed by atoms with Crippen LogP contribution in [0, 0.1) is 0 Å². The third-order valence-corrected chi connectivity index (χ3v) is 3.89. The Hall–Kier alpha value is -1.04. The summed E-state index contributed by atoms with van der Waals surface area (Å²) < 4.78 is 0. The van der Waals surface area contributed by atoms with E-state index >= 15 is 0 Å². The largest absolute Gasteiger partial charge is 0.0662 e. The van der Waals surface area contributed by atoms with Crippen LogP contribution in [0.1, 0.15) is 43.2 Å². The second-order valence-electron chi connectivity index (χ2n) is 4.34. The predicted octanol–water partition coefficient (Wildman–Crippen LogP) is 3.61. The van der Waals surface area contributed by atoms with Crippen LogP contribution in [-0.4, -0.2) is 0 Å². The quantitative estimate of drug-likeness (QED) is 0.522. The molecule has 1 aromatic carbocycles. The second-order valence-corrected chi connectivity index (χ2v) is 4.34. The van der Waals surface area contributed by atoms with Gasteiger partial charge in [-0.15, -0.1) is 0 Å². The van der Waals surface area contributed by atoms with Gasteiger partial charge < -0.3 is 0 Å². The molecule has 2 unspecified atom stereocenters. The van der Waals surface area contributed by atoms with E-state index in [4.69, 9.17) is 0 Å². The molecule has 0 aliphatic heterocycles. The van der Waals surface area contributed by atoms with Crippen molar-refractivity contribution in [2.75, 3.05) is 0 Å². The molecule has 3 rings (SSSR count). The molecule has 2 atom stereocenters. The number of hydrogen-bond donors (Lipinski definition) is 0. The zero-order valence-corrected chi connectivity index (χ0v) is 8.17. The van der Waals surface area contributed by atoms with Crippen molar-refractivity contribution in [3.8, 4) is 0 Å². The van der Waals surface area contributed by atoms with E-state index in [0.29, 0.717) is 0 Å². The molecular formula is C13H14. The Labute approximate surface area is 79.3 Å². The van der Waals surface area contributed by atoms with E-state index in [1.807, 2.05) is 0 Å². The Morgan fingerprint density at radius 1 is 0.923 bits per heavy atom. The smallest absolute Gasteiger partial charge is 0.00600 e. The van der Waals surface area contributed by atoms with Crippen molar-refractivity contribution in [1.29, 1.82) is 0 Å². The first kappa shape index (κ1) is 7.37. The summed E-state index contributed by atoms with van der Waals surface area (Å²) in [5.41, 5.74) is 6.44. The average Bonchev–Trinajstić information content (AvgIpc) is 2.66. The lowest BCUT2D eigenvalue weighted by Crippen LogP contribution is -2.00. The maximum atomic E-state index is 2.30. The first-order valence-corrected chi connectivity index (χ1v) is 5.05. The van der Waals surface area contributed by atoms with E-state index in [0.717, 1.165) is 11.8 Å². The molecule has 0 fully saturated rings. The molecular weight excluding hydrogens is 156 g/mol. The van der Waals surface area contributed by atoms with Crippen LogP contribution in [0.2, 0.25) is 0 Å². The lowest BCUT2D eigenvalue weighted by atomic mass is 9.88. The number of benzene rings is 1. The van der Waals surface area contributed by atoms with Gasteiger partial charge in [-0.05, 0) is 31.4 Å². The molecule has 0 amide bonds. The minimum atomic E-state index is 0.751. The van der Waals surface area contributed by atoms with Gasteiger partial charge in [-0.3, -0.25) is 0 Å². The van der Waals surface area contributed by atoms with E-state index in [1.54, 1.807) is 22.3 Å². The molecule has 1 aromatic rings. The number of hydrogen-bond acceptors (Lipinski definition) is 0. The molecule has 0 saturated carbocycles. The summed E-state index contributed by atoms with van der Waals surface area (Å²) in [6.45, 7) is 4.60. The molecule has 0 heteroatoms. The van der Waals surface area contributed by atoms with Crippen molar-refractivity contribution >= 4 is 0 Å². The van der Waals surface area contributed by atoms with Crippen molar-refractivity contribution in [3.63, 3.8) is 0 Å². The minimum absolute atomic E-state index is 0.751. The molecule has 0 aromatic heterocycles. The van der Waals surface area contributed by atoms with Crippen LogP contribution in [-0.2, 0) is 0 Å². The molecule has 0 heterocycles. The fourth-order valence-electron chi connectivity index (χ4n) is 3.00. The topological polar surface area (TPSA) is 0 Å². The van der Waals surface area contributed by atoms with Crippen LogP contribution in [0.3, 0.4) is 0 Å². The molecule has 2 aliphatic rings. The SMILES string of the molecule is CC1=C(C)C2CC1c1ccccc12. The highest BCUT2D eigenvalue weighted by Crippen LogP contribution is 2.55. The molecule has 0 saturated heterocycles. The minimum Gasteiger partial charge on any atom is -0.0662 e. The van der Waals surface area contributed by atoms with Crippen LogP contribution >= 0.6 is 0 Å². The molecule has 0 radical (unpaired) electrons. The zero-order valence-electron chi connectivity index (χ0n) is 8.17. The van der Waals surface area contributed by atoms with Gasteiger partial charge in [0, 0.05) is 11.8 Å². The summed E-state index contributed by atoms with van der Waals surface area (Å²) in [6.07, 6.45) is 1.34. The molecule has 2 bridgehead atoms. The normalized spacial score (nSPS) is 29.7. The Morgan fingerprint density at radius 3 is 1.85 bits per heavy atom. The van der Waals surface area contributed by atoms with Crippen molar-refractivity contribution in [3.05, 3.63) is 46.5 Å². The van der Waals surface area contributed by atoms with E-state index in [2.05, 4.69) is 38.1 Å². The first-order valence-electron chi connectivity index (χ1n) is 5.05. The van der Waals surface area contributed by atoms with Gasteiger partial charge >= 0.3 is 0 Å². The van der Waals surface area contributed by atoms with Crippen LogP contribution in [0.25, 0.3) is 0 Å². The maximum Gasteiger partial charge on any atom is 0.00600 e. The van der Waals surface area contributed by atoms with Gasteiger partial charge in [0.1, 0.15) is 0 Å². The van der Waals surface area contributed by atoms with Crippen molar-refractivity contribution in [2.45, 2.75) is 32.1 Å². The average molecular weight is 170 g/mol. The number of rotatable bonds is 0. The third-order valence-electron chi connectivity index (χ3n) is 3.89. The fourth-order valence-corrected chi connectivity index (χ4v) is 3.00. The fraction of sp³-hybridized carbons (Fsp3) is 0.385. The van der Waals surface area contributed by atoms with Crippen LogP contribution in [0.4, 0.5) is 0 Å². The van der Waals surface area contributed by atoms with Crippen molar-refractivity contribution < 1.29 is 0 Å². The lowest BCUT2D eigenvalue weighted by molar-refractivity contribution is 0.773. The van der Waals surface area contributed by atoms with Crippen molar-refractivity contribution in [1.82, 2.24) is 0 Å². The molecule has 13 heavy (non-hydrogen) atoms. The Morgan fingerprint density at radius 2 is 1.38 bits per heavy atom. The lowest BCUT2D eigenvalue weighted by Gasteiger charge is -2.17. The number of fused-ring (bicyclic) bond motifs is 5. The molecule has 0 spiro atoms. The van der Waals surface area contributed by atoms with Gasteiger partial charge in [-0.2, -0.15) is 0 Å². The van der Waals surface area contributed by atoms with Gasteiger partial charge in [0.25, 0.3) is 0 Å². The summed E-state index contributed by atoms with van der Waals surface area (Å²) in [5.74, 6) is 1.50. The summed E-state index contributed by atoms with van der Waals surface area (Å²) >= 11 is 0. The standard InChI is InChI=1S/C13H14/c1-8-9(2)13-7-12(8)10-5-3-4-6-11(10)13/h3-6,12-13H,7H2,1-2H3. The second kappa shape index (κ2) is 2.25. The Kier molecular flexibility index (Phi) is 1.28. The molecule has 66 valence electrons. The summed E-state index contributed by atoms with van der Waals surface area (Å²) in [7, 11) is 0. The highest BCUT2D eigenvalue weighted by atomic mass is 14.4. The van der Waals surface area contributed by atoms with Gasteiger partial charge in [0.05, 0.1) is 0 Å². The highest BCUT2D eigenvalue weighted by molar-refractivity contribution is 5.53. The Bertz CT molecular complexity index is 361. The highest BCUT2D eigenvalue weighted by Gasteiger charge is 2.38. The van der Waals surface area contributed by atoms with Crippen LogP contribution < -0.4 is 0 Å². The van der Waals surface area contributed by atoms with Gasteiger partial charge in [-0.25, -0.2) is 0 Å². The van der Waals surface area contributed by atoms with Crippen molar-refractivity contribution in [2.24, 2.45) is 0 Å². The van der Waals surface area contributed by atoms with Gasteiger partial charge in [0.2, 0.25) is 0 Å². The van der Waals surface area contributed by atoms with E-state index < -0.39 is 0 Å². The summed E-state index contributed by atoms with van der Waals surface area (Å²) in [6, 6.07) is 8.94. The van der Waals surface area contributed by atoms with Gasteiger partial charge in [-0.1, -0.05) is 35.4 Å². The maximum absolute atomic E-state index is 2.30. The first-order chi connectivity index (χ1) is 6.29. The molecule has 0 nitrogen and oxygen atoms in total.